The molecule has 34 heavy (non-hydrogen) atoms. The van der Waals surface area contributed by atoms with Crippen molar-refractivity contribution in [3.05, 3.63) is 41.1 Å². The third kappa shape index (κ3) is 5.25. The minimum atomic E-state index is -1.12. The number of nitrogens with zero attached hydrogens (tertiary/aromatic N) is 3. The van der Waals surface area contributed by atoms with Gasteiger partial charge in [-0.25, -0.2) is 9.78 Å². The zero-order valence-electron chi connectivity index (χ0n) is 20.1. The average Bonchev–Trinajstić information content (AvgIpc) is 3.06. The van der Waals surface area contributed by atoms with Gasteiger partial charge in [-0.05, 0) is 48.8 Å². The van der Waals surface area contributed by atoms with Crippen molar-refractivity contribution in [1.82, 2.24) is 9.97 Å². The summed E-state index contributed by atoms with van der Waals surface area (Å²) in [5.41, 5.74) is 2.58. The molecule has 2 aliphatic rings. The predicted octanol–water partition coefficient (Wildman–Crippen LogP) is 3.13. The fraction of sp³-hybridized carbons (Fsp3) is 0.560. The Morgan fingerprint density at radius 1 is 1.29 bits per heavy atom. The molecule has 0 saturated carbocycles. The van der Waals surface area contributed by atoms with E-state index in [9.17, 15) is 14.1 Å². The van der Waals surface area contributed by atoms with Gasteiger partial charge in [0.1, 0.15) is 10.7 Å². The van der Waals surface area contributed by atoms with Gasteiger partial charge in [-0.3, -0.25) is 4.21 Å². The number of hydrogen-bond donors (Lipinski definition) is 2. The van der Waals surface area contributed by atoms with Gasteiger partial charge in [-0.15, -0.1) is 0 Å². The Balaban J connectivity index is 1.56. The van der Waals surface area contributed by atoms with E-state index in [1.54, 1.807) is 6.07 Å². The Hall–Kier alpha value is -2.52. The standard InChI is InChI=1S/C25H34N4O4S/c1-16(2)21(15-30)26-23-22-20(10-13-34(22)32)27-25(28-23)29-11-5-8-17(9-12-29)18-6-4-7-19(14-18)24(31)33-3/h4,6-7,14,16-17,21,30H,5,8-13,15H2,1-3H3,(H,26,27,28)/t17?,21-,34?/m0/s1. The molecule has 0 spiro atoms. The van der Waals surface area contributed by atoms with Crippen LogP contribution in [0.4, 0.5) is 11.8 Å². The van der Waals surface area contributed by atoms with Crippen molar-refractivity contribution in [1.29, 1.82) is 0 Å². The molecule has 3 heterocycles. The van der Waals surface area contributed by atoms with Gasteiger partial charge < -0.3 is 20.1 Å². The van der Waals surface area contributed by atoms with Crippen LogP contribution in [0.25, 0.3) is 0 Å². The molecule has 1 aromatic carbocycles. The Bertz CT molecular complexity index is 1060. The van der Waals surface area contributed by atoms with Gasteiger partial charge in [0.05, 0.1) is 41.8 Å². The van der Waals surface area contributed by atoms with E-state index in [0.717, 1.165) is 43.6 Å². The quantitative estimate of drug-likeness (QED) is 0.575. The fourth-order valence-corrected chi connectivity index (χ4v) is 6.00. The fourth-order valence-electron chi connectivity index (χ4n) is 4.69. The molecule has 9 heteroatoms. The van der Waals surface area contributed by atoms with E-state index in [2.05, 4.69) is 16.3 Å². The normalized spacial score (nSPS) is 21.1. The maximum absolute atomic E-state index is 12.6. The van der Waals surface area contributed by atoms with Crippen LogP contribution in [0.5, 0.6) is 0 Å². The van der Waals surface area contributed by atoms with Gasteiger partial charge in [0.15, 0.2) is 0 Å². The number of anilines is 2. The number of aliphatic hydroxyl groups is 1. The van der Waals surface area contributed by atoms with Crippen LogP contribution in [-0.2, 0) is 22.0 Å². The first kappa shape index (κ1) is 24.6. The van der Waals surface area contributed by atoms with Gasteiger partial charge >= 0.3 is 5.97 Å². The first-order valence-corrected chi connectivity index (χ1v) is 13.3. The Morgan fingerprint density at radius 3 is 2.85 bits per heavy atom. The highest BCUT2D eigenvalue weighted by atomic mass is 32.2. The number of methoxy groups -OCH3 is 1. The predicted molar refractivity (Wildman–Crippen MR) is 133 cm³/mol. The second kappa shape index (κ2) is 10.8. The lowest BCUT2D eigenvalue weighted by atomic mass is 9.91. The number of hydrogen-bond acceptors (Lipinski definition) is 8. The topological polar surface area (TPSA) is 105 Å². The molecule has 8 nitrogen and oxygen atoms in total. The van der Waals surface area contributed by atoms with E-state index < -0.39 is 10.8 Å². The minimum absolute atomic E-state index is 0.0194. The van der Waals surface area contributed by atoms with Gasteiger partial charge in [0.2, 0.25) is 5.95 Å². The molecule has 2 aromatic rings. The summed E-state index contributed by atoms with van der Waals surface area (Å²) in [5.74, 6) is 2.04. The average molecular weight is 487 g/mol. The van der Waals surface area contributed by atoms with Crippen LogP contribution < -0.4 is 10.2 Å². The Labute approximate surface area is 203 Å². The molecular weight excluding hydrogens is 452 g/mol. The molecule has 2 N–H and O–H groups in total. The monoisotopic (exact) mass is 486 g/mol. The number of nitrogens with one attached hydrogen (secondary N) is 1. The summed E-state index contributed by atoms with van der Waals surface area (Å²) in [6.45, 7) is 5.69. The molecule has 0 radical (unpaired) electrons. The highest BCUT2D eigenvalue weighted by molar-refractivity contribution is 7.85. The van der Waals surface area contributed by atoms with Crippen LogP contribution in [-0.4, -0.2) is 63.9 Å². The van der Waals surface area contributed by atoms with Crippen molar-refractivity contribution in [2.24, 2.45) is 5.92 Å². The first-order chi connectivity index (χ1) is 16.4. The molecule has 1 fully saturated rings. The van der Waals surface area contributed by atoms with Gasteiger partial charge in [-0.1, -0.05) is 26.0 Å². The van der Waals surface area contributed by atoms with Crippen molar-refractivity contribution < 1.29 is 18.8 Å². The number of aliphatic hydroxyl groups excluding tert-OH is 1. The maximum atomic E-state index is 12.6. The smallest absolute Gasteiger partial charge is 0.337 e. The molecule has 1 aromatic heterocycles. The number of aromatic nitrogens is 2. The number of fused-ring (bicyclic) bond motifs is 1. The van der Waals surface area contributed by atoms with Crippen LogP contribution in [0.1, 0.15) is 60.6 Å². The lowest BCUT2D eigenvalue weighted by molar-refractivity contribution is 0.0600. The first-order valence-electron chi connectivity index (χ1n) is 12.0. The van der Waals surface area contributed by atoms with Crippen molar-refractivity contribution in [3.63, 3.8) is 0 Å². The van der Waals surface area contributed by atoms with E-state index in [-0.39, 0.29) is 24.5 Å². The third-order valence-electron chi connectivity index (χ3n) is 6.79. The SMILES string of the molecule is COC(=O)c1cccc(C2CCCN(c3nc4c(c(N[C@@H](CO)C(C)C)n3)S(=O)CC4)CC2)c1. The summed E-state index contributed by atoms with van der Waals surface area (Å²) in [5, 5.41) is 13.2. The number of ether oxygens (including phenoxy) is 1. The van der Waals surface area contributed by atoms with Crippen LogP contribution in [0.3, 0.4) is 0 Å². The molecule has 0 aliphatic carbocycles. The van der Waals surface area contributed by atoms with Gasteiger partial charge in [-0.2, -0.15) is 4.98 Å². The molecule has 0 amide bonds. The highest BCUT2D eigenvalue weighted by Crippen LogP contribution is 2.33. The van der Waals surface area contributed by atoms with Crippen LogP contribution in [0, 0.1) is 5.92 Å². The van der Waals surface area contributed by atoms with E-state index in [1.165, 1.54) is 7.11 Å². The molecular formula is C25H34N4O4S. The molecule has 3 atom stereocenters. The third-order valence-corrected chi connectivity index (χ3v) is 8.25. The maximum Gasteiger partial charge on any atom is 0.337 e. The highest BCUT2D eigenvalue weighted by Gasteiger charge is 2.29. The van der Waals surface area contributed by atoms with Crippen molar-refractivity contribution >= 4 is 28.5 Å². The second-order valence-corrected chi connectivity index (χ2v) is 10.9. The number of aryl methyl sites for hydroxylation is 1. The zero-order valence-corrected chi connectivity index (χ0v) is 20.9. The Kier molecular flexibility index (Phi) is 7.83. The van der Waals surface area contributed by atoms with E-state index in [0.29, 0.717) is 40.3 Å². The zero-order chi connectivity index (χ0) is 24.2. The lowest BCUT2D eigenvalue weighted by Gasteiger charge is -2.25. The van der Waals surface area contributed by atoms with E-state index >= 15 is 0 Å². The Morgan fingerprint density at radius 2 is 2.12 bits per heavy atom. The summed E-state index contributed by atoms with van der Waals surface area (Å²) >= 11 is 0. The summed E-state index contributed by atoms with van der Waals surface area (Å²) < 4.78 is 17.5. The molecule has 4 rings (SSSR count). The van der Waals surface area contributed by atoms with Gasteiger partial charge in [0.25, 0.3) is 0 Å². The van der Waals surface area contributed by atoms with E-state index in [1.807, 2.05) is 26.0 Å². The summed E-state index contributed by atoms with van der Waals surface area (Å²) in [7, 11) is 0.280. The van der Waals surface area contributed by atoms with Crippen LogP contribution >= 0.6 is 0 Å². The minimum Gasteiger partial charge on any atom is -0.465 e. The van der Waals surface area contributed by atoms with Gasteiger partial charge in [0, 0.05) is 25.3 Å². The number of benzene rings is 1. The summed E-state index contributed by atoms with van der Waals surface area (Å²) in [6.07, 6.45) is 3.59. The largest absolute Gasteiger partial charge is 0.465 e. The number of esters is 1. The molecule has 2 aliphatic heterocycles. The van der Waals surface area contributed by atoms with Crippen molar-refractivity contribution in [2.75, 3.05) is 42.8 Å². The van der Waals surface area contributed by atoms with Crippen LogP contribution in [0.15, 0.2) is 29.2 Å². The van der Waals surface area contributed by atoms with E-state index in [4.69, 9.17) is 14.7 Å². The van der Waals surface area contributed by atoms with Crippen molar-refractivity contribution in [3.8, 4) is 0 Å². The number of rotatable bonds is 7. The molecule has 2 unspecified atom stereocenters. The molecule has 0 bridgehead atoms. The van der Waals surface area contributed by atoms with Crippen LogP contribution in [0.2, 0.25) is 0 Å². The molecule has 1 saturated heterocycles. The lowest BCUT2D eigenvalue weighted by Crippen LogP contribution is -2.32. The molecule has 184 valence electrons. The second-order valence-electron chi connectivity index (χ2n) is 9.36. The summed E-state index contributed by atoms with van der Waals surface area (Å²) in [4.78, 5) is 24.5. The summed E-state index contributed by atoms with van der Waals surface area (Å²) in [6, 6.07) is 7.55. The number of carbonyl (C=O) groups excluding carboxylic acids is 1. The number of carbonyl (C=O) groups is 1. The van der Waals surface area contributed by atoms with Crippen molar-refractivity contribution in [2.45, 2.75) is 56.4 Å².